The van der Waals surface area contributed by atoms with E-state index in [0.29, 0.717) is 0 Å². The van der Waals surface area contributed by atoms with Gasteiger partial charge in [-0.3, -0.25) is 0 Å². The molecule has 2 rings (SSSR count). The highest BCUT2D eigenvalue weighted by atomic mass is 15.1. The van der Waals surface area contributed by atoms with Crippen LogP contribution < -0.4 is 9.47 Å². The number of aromatic nitrogens is 1. The molecule has 0 spiro atoms. The lowest BCUT2D eigenvalue weighted by molar-refractivity contribution is -0.671. The van der Waals surface area contributed by atoms with Crippen molar-refractivity contribution >= 4 is 17.8 Å². The standard InChI is InChI=1S/C26H35N2/c1-4-6-20-28(21-7-5-2)26-16-14-24(15-17-26)12-10-8-9-11-13-25-18-22-27(3)23-19-25/h8-19,22-23H,4-7,20-21H2,1-3H3/q+1. The van der Waals surface area contributed by atoms with Gasteiger partial charge < -0.3 is 4.90 Å². The van der Waals surface area contributed by atoms with Crippen LogP contribution in [0.25, 0.3) is 12.2 Å². The quantitative estimate of drug-likeness (QED) is 0.335. The van der Waals surface area contributed by atoms with Crippen LogP contribution in [0.15, 0.2) is 73.1 Å². The zero-order valence-corrected chi connectivity index (χ0v) is 17.7. The van der Waals surface area contributed by atoms with E-state index in [4.69, 9.17) is 0 Å². The summed E-state index contributed by atoms with van der Waals surface area (Å²) in [5, 5.41) is 0. The number of anilines is 1. The maximum Gasteiger partial charge on any atom is 0.169 e. The van der Waals surface area contributed by atoms with Crippen LogP contribution in [0.2, 0.25) is 0 Å². The van der Waals surface area contributed by atoms with Gasteiger partial charge in [0.05, 0.1) is 0 Å². The summed E-state index contributed by atoms with van der Waals surface area (Å²) in [7, 11) is 2.03. The first kappa shape index (κ1) is 21.7. The third-order valence-corrected chi connectivity index (χ3v) is 4.74. The third-order valence-electron chi connectivity index (χ3n) is 4.74. The van der Waals surface area contributed by atoms with Gasteiger partial charge in [0.15, 0.2) is 12.4 Å². The van der Waals surface area contributed by atoms with Crippen LogP contribution >= 0.6 is 0 Å². The molecule has 0 unspecified atom stereocenters. The summed E-state index contributed by atoms with van der Waals surface area (Å²) in [5.41, 5.74) is 3.78. The number of aryl methyl sites for hydroxylation is 1. The van der Waals surface area contributed by atoms with Crippen LogP contribution in [0, 0.1) is 0 Å². The smallest absolute Gasteiger partial charge is 0.169 e. The molecule has 0 bridgehead atoms. The third kappa shape index (κ3) is 7.96. The highest BCUT2D eigenvalue weighted by Crippen LogP contribution is 2.17. The first-order valence-corrected chi connectivity index (χ1v) is 10.5. The van der Waals surface area contributed by atoms with E-state index in [2.05, 4.69) is 104 Å². The van der Waals surface area contributed by atoms with Crippen LogP contribution in [-0.4, -0.2) is 13.1 Å². The molecular formula is C26H35N2+. The molecule has 1 aromatic heterocycles. The molecule has 0 N–H and O–H groups in total. The number of allylic oxidation sites excluding steroid dienone is 4. The Morgan fingerprint density at radius 1 is 0.714 bits per heavy atom. The summed E-state index contributed by atoms with van der Waals surface area (Å²) in [5.74, 6) is 0. The number of unbranched alkanes of at least 4 members (excludes halogenated alkanes) is 2. The van der Waals surface area contributed by atoms with E-state index < -0.39 is 0 Å². The molecule has 1 aromatic carbocycles. The second-order valence-electron chi connectivity index (χ2n) is 7.19. The minimum Gasteiger partial charge on any atom is -0.372 e. The van der Waals surface area contributed by atoms with Gasteiger partial charge in [0, 0.05) is 30.9 Å². The van der Waals surface area contributed by atoms with Gasteiger partial charge in [0.1, 0.15) is 7.05 Å². The molecule has 0 saturated carbocycles. The molecule has 0 amide bonds. The zero-order valence-electron chi connectivity index (χ0n) is 17.7. The average Bonchev–Trinajstić information content (AvgIpc) is 2.72. The monoisotopic (exact) mass is 375 g/mol. The Morgan fingerprint density at radius 2 is 1.21 bits per heavy atom. The van der Waals surface area contributed by atoms with E-state index in [-0.39, 0.29) is 0 Å². The minimum atomic E-state index is 1.15. The van der Waals surface area contributed by atoms with Crippen molar-refractivity contribution in [3.8, 4) is 0 Å². The molecule has 2 nitrogen and oxygen atoms in total. The van der Waals surface area contributed by atoms with Crippen molar-refractivity contribution in [3.63, 3.8) is 0 Å². The van der Waals surface area contributed by atoms with Crippen LogP contribution in [0.1, 0.15) is 50.7 Å². The predicted molar refractivity (Wildman–Crippen MR) is 123 cm³/mol. The maximum absolute atomic E-state index is 2.52. The van der Waals surface area contributed by atoms with Gasteiger partial charge in [-0.25, -0.2) is 4.57 Å². The van der Waals surface area contributed by atoms with Crippen LogP contribution in [0.5, 0.6) is 0 Å². The van der Waals surface area contributed by atoms with E-state index >= 15 is 0 Å². The molecule has 0 aliphatic rings. The molecule has 0 saturated heterocycles. The Labute approximate surface area is 171 Å². The van der Waals surface area contributed by atoms with Gasteiger partial charge in [-0.05, 0) is 36.1 Å². The fourth-order valence-electron chi connectivity index (χ4n) is 2.95. The Morgan fingerprint density at radius 3 is 1.71 bits per heavy atom. The second kappa shape index (κ2) is 12.7. The summed E-state index contributed by atoms with van der Waals surface area (Å²) >= 11 is 0. The lowest BCUT2D eigenvalue weighted by atomic mass is 10.1. The number of hydrogen-bond acceptors (Lipinski definition) is 1. The van der Waals surface area contributed by atoms with Crippen molar-refractivity contribution in [1.29, 1.82) is 0 Å². The van der Waals surface area contributed by atoms with Gasteiger partial charge in [-0.1, -0.05) is 75.3 Å². The lowest BCUT2D eigenvalue weighted by Crippen LogP contribution is -2.25. The Balaban J connectivity index is 1.88. The number of rotatable bonds is 11. The summed E-state index contributed by atoms with van der Waals surface area (Å²) < 4.78 is 2.04. The highest BCUT2D eigenvalue weighted by Gasteiger charge is 2.04. The average molecular weight is 376 g/mol. The van der Waals surface area contributed by atoms with Crippen molar-refractivity contribution in [2.45, 2.75) is 39.5 Å². The molecule has 2 aromatic rings. The number of hydrogen-bond donors (Lipinski definition) is 0. The first-order chi connectivity index (χ1) is 13.7. The van der Waals surface area contributed by atoms with E-state index in [1.807, 2.05) is 11.6 Å². The molecule has 0 fully saturated rings. The van der Waals surface area contributed by atoms with Gasteiger partial charge in [-0.15, -0.1) is 0 Å². The normalized spacial score (nSPS) is 11.8. The molecule has 148 valence electrons. The number of nitrogens with zero attached hydrogens (tertiary/aromatic N) is 2. The minimum absolute atomic E-state index is 1.15. The molecule has 0 radical (unpaired) electrons. The fraction of sp³-hybridized carbons (Fsp3) is 0.346. The van der Waals surface area contributed by atoms with Gasteiger partial charge >= 0.3 is 0 Å². The Kier molecular flexibility index (Phi) is 9.85. The number of pyridine rings is 1. The molecule has 0 aliphatic heterocycles. The Bertz CT molecular complexity index is 744. The van der Waals surface area contributed by atoms with Crippen molar-refractivity contribution in [2.75, 3.05) is 18.0 Å². The Hall–Kier alpha value is -2.61. The van der Waals surface area contributed by atoms with Gasteiger partial charge in [-0.2, -0.15) is 0 Å². The van der Waals surface area contributed by atoms with Crippen LogP contribution in [0.3, 0.4) is 0 Å². The summed E-state index contributed by atoms with van der Waals surface area (Å²) in [6.07, 6.45) is 21.7. The number of benzene rings is 1. The largest absolute Gasteiger partial charge is 0.372 e. The van der Waals surface area contributed by atoms with Gasteiger partial charge in [0.2, 0.25) is 0 Å². The zero-order chi connectivity index (χ0) is 20.0. The first-order valence-electron chi connectivity index (χ1n) is 10.5. The van der Waals surface area contributed by atoms with Crippen LogP contribution in [-0.2, 0) is 7.05 Å². The summed E-state index contributed by atoms with van der Waals surface area (Å²) in [6, 6.07) is 13.1. The molecule has 28 heavy (non-hydrogen) atoms. The molecule has 2 heteroatoms. The van der Waals surface area contributed by atoms with Crippen molar-refractivity contribution < 1.29 is 4.57 Å². The molecule has 0 atom stereocenters. The maximum atomic E-state index is 2.52. The van der Waals surface area contributed by atoms with E-state index in [0.717, 1.165) is 13.1 Å². The molecule has 0 aliphatic carbocycles. The van der Waals surface area contributed by atoms with Crippen molar-refractivity contribution in [2.24, 2.45) is 7.05 Å². The van der Waals surface area contributed by atoms with E-state index in [1.54, 1.807) is 0 Å². The second-order valence-corrected chi connectivity index (χ2v) is 7.19. The van der Waals surface area contributed by atoms with E-state index in [9.17, 15) is 0 Å². The van der Waals surface area contributed by atoms with Crippen molar-refractivity contribution in [3.05, 3.63) is 84.2 Å². The topological polar surface area (TPSA) is 7.12 Å². The summed E-state index contributed by atoms with van der Waals surface area (Å²) in [4.78, 5) is 2.52. The summed E-state index contributed by atoms with van der Waals surface area (Å²) in [6.45, 7) is 6.82. The molecule has 1 heterocycles. The predicted octanol–water partition coefficient (Wildman–Crippen LogP) is 6.20. The van der Waals surface area contributed by atoms with E-state index in [1.165, 1.54) is 42.5 Å². The fourth-order valence-corrected chi connectivity index (χ4v) is 2.95. The highest BCUT2D eigenvalue weighted by molar-refractivity contribution is 5.57. The lowest BCUT2D eigenvalue weighted by Gasteiger charge is -2.24. The SMILES string of the molecule is CCCCN(CCCC)c1ccc(/C=C/C=C/C=C/c2cc[n+](C)cc2)cc1. The van der Waals surface area contributed by atoms with Gasteiger partial charge in [0.25, 0.3) is 0 Å². The van der Waals surface area contributed by atoms with Crippen LogP contribution in [0.4, 0.5) is 5.69 Å². The molecular weight excluding hydrogens is 340 g/mol. The van der Waals surface area contributed by atoms with Crippen molar-refractivity contribution in [1.82, 2.24) is 0 Å².